The molecule has 1 amide bonds. The minimum atomic E-state index is -0.845. The van der Waals surface area contributed by atoms with Crippen molar-refractivity contribution in [3.05, 3.63) is 76.0 Å². The smallest absolute Gasteiger partial charge is 0.258 e. The number of amides is 1. The zero-order chi connectivity index (χ0) is 21.3. The Hall–Kier alpha value is -2.99. The maximum atomic E-state index is 13.5. The van der Waals surface area contributed by atoms with Crippen molar-refractivity contribution in [2.45, 2.75) is 51.2 Å². The molecule has 0 spiro atoms. The van der Waals surface area contributed by atoms with E-state index in [9.17, 15) is 19.1 Å². The number of carbonyl (C=O) groups excluding carboxylic acids is 1. The number of nitrogens with zero attached hydrogens (tertiary/aromatic N) is 1. The van der Waals surface area contributed by atoms with E-state index in [4.69, 9.17) is 0 Å². The predicted molar refractivity (Wildman–Crippen MR) is 115 cm³/mol. The number of aliphatic hydroxyl groups is 1. The van der Waals surface area contributed by atoms with E-state index in [1.165, 1.54) is 18.2 Å². The Labute approximate surface area is 174 Å². The zero-order valence-corrected chi connectivity index (χ0v) is 17.0. The van der Waals surface area contributed by atoms with Crippen LogP contribution in [0.4, 0.5) is 10.1 Å². The van der Waals surface area contributed by atoms with E-state index in [0.29, 0.717) is 40.4 Å². The fourth-order valence-electron chi connectivity index (χ4n) is 4.22. The minimum Gasteiger partial charge on any atom is -0.388 e. The van der Waals surface area contributed by atoms with Crippen molar-refractivity contribution < 1.29 is 14.3 Å². The van der Waals surface area contributed by atoms with Crippen LogP contribution in [0.3, 0.4) is 0 Å². The predicted octanol–water partition coefficient (Wildman–Crippen LogP) is 4.40. The number of aryl methyl sites for hydroxylation is 1. The summed E-state index contributed by atoms with van der Waals surface area (Å²) in [4.78, 5) is 25.7. The molecule has 1 heterocycles. The molecule has 1 saturated carbocycles. The SMILES string of the molecule is Cc1cc(C(=O)Nc2cccc3c(=O)n(CC4(O)CCCCC4)ccc23)ccc1F. The van der Waals surface area contributed by atoms with Gasteiger partial charge in [0, 0.05) is 28.2 Å². The number of benzene rings is 2. The number of pyridine rings is 1. The van der Waals surface area contributed by atoms with Crippen LogP contribution in [0.5, 0.6) is 0 Å². The van der Waals surface area contributed by atoms with Gasteiger partial charge in [0.2, 0.25) is 0 Å². The molecule has 0 unspecified atom stereocenters. The topological polar surface area (TPSA) is 71.3 Å². The van der Waals surface area contributed by atoms with Crippen LogP contribution in [-0.4, -0.2) is 21.2 Å². The van der Waals surface area contributed by atoms with E-state index in [1.54, 1.807) is 42.0 Å². The van der Waals surface area contributed by atoms with Crippen molar-refractivity contribution in [1.29, 1.82) is 0 Å². The van der Waals surface area contributed by atoms with Crippen LogP contribution in [0.25, 0.3) is 10.8 Å². The molecule has 2 N–H and O–H groups in total. The summed E-state index contributed by atoms with van der Waals surface area (Å²) in [5.74, 6) is -0.733. The summed E-state index contributed by atoms with van der Waals surface area (Å²) < 4.78 is 15.0. The van der Waals surface area contributed by atoms with Crippen LogP contribution in [-0.2, 0) is 6.54 Å². The molecule has 1 fully saturated rings. The molecule has 30 heavy (non-hydrogen) atoms. The number of aromatic nitrogens is 1. The average Bonchev–Trinajstić information content (AvgIpc) is 2.73. The van der Waals surface area contributed by atoms with Crippen molar-refractivity contribution in [1.82, 2.24) is 4.57 Å². The van der Waals surface area contributed by atoms with Crippen LogP contribution in [0.1, 0.15) is 48.0 Å². The Bertz CT molecular complexity index is 1160. The van der Waals surface area contributed by atoms with Crippen molar-refractivity contribution in [3.8, 4) is 0 Å². The van der Waals surface area contributed by atoms with Gasteiger partial charge in [0.15, 0.2) is 0 Å². The molecule has 1 aliphatic rings. The monoisotopic (exact) mass is 408 g/mol. The summed E-state index contributed by atoms with van der Waals surface area (Å²) >= 11 is 0. The first kappa shape index (κ1) is 20.3. The standard InChI is InChI=1S/C24H25FN2O3/c1-16-14-17(8-9-20(16)25)22(28)26-21-7-5-6-19-18(21)10-13-27(23(19)29)15-24(30)11-3-2-4-12-24/h5-10,13-14,30H,2-4,11-12,15H2,1H3,(H,26,28). The largest absolute Gasteiger partial charge is 0.388 e. The minimum absolute atomic E-state index is 0.194. The number of hydrogen-bond donors (Lipinski definition) is 2. The summed E-state index contributed by atoms with van der Waals surface area (Å²) in [7, 11) is 0. The van der Waals surface area contributed by atoms with Gasteiger partial charge in [-0.05, 0) is 61.7 Å². The van der Waals surface area contributed by atoms with Gasteiger partial charge in [0.1, 0.15) is 5.82 Å². The summed E-state index contributed by atoms with van der Waals surface area (Å²) in [6.45, 7) is 1.87. The van der Waals surface area contributed by atoms with E-state index in [1.807, 2.05) is 0 Å². The molecule has 2 aromatic carbocycles. The Morgan fingerprint density at radius 2 is 1.90 bits per heavy atom. The van der Waals surface area contributed by atoms with Gasteiger partial charge in [-0.2, -0.15) is 0 Å². The molecule has 1 aromatic heterocycles. The number of anilines is 1. The molecule has 0 aliphatic heterocycles. The number of fused-ring (bicyclic) bond motifs is 1. The van der Waals surface area contributed by atoms with Crippen LogP contribution in [0.15, 0.2) is 53.5 Å². The first-order chi connectivity index (χ1) is 14.4. The van der Waals surface area contributed by atoms with Crippen LogP contribution in [0, 0.1) is 12.7 Å². The van der Waals surface area contributed by atoms with Gasteiger partial charge in [0.25, 0.3) is 11.5 Å². The molecule has 0 atom stereocenters. The molecule has 4 rings (SSSR count). The zero-order valence-electron chi connectivity index (χ0n) is 17.0. The Balaban J connectivity index is 1.64. The normalized spacial score (nSPS) is 15.8. The molecule has 0 bridgehead atoms. The van der Waals surface area contributed by atoms with Gasteiger partial charge in [-0.25, -0.2) is 4.39 Å². The van der Waals surface area contributed by atoms with E-state index >= 15 is 0 Å². The third-order valence-corrected chi connectivity index (χ3v) is 5.94. The van der Waals surface area contributed by atoms with Crippen LogP contribution < -0.4 is 10.9 Å². The fraction of sp³-hybridized carbons (Fsp3) is 0.333. The number of halogens is 1. The van der Waals surface area contributed by atoms with E-state index in [-0.39, 0.29) is 23.8 Å². The lowest BCUT2D eigenvalue weighted by Crippen LogP contribution is -2.39. The van der Waals surface area contributed by atoms with Crippen molar-refractivity contribution in [2.75, 3.05) is 5.32 Å². The number of hydrogen-bond acceptors (Lipinski definition) is 3. The second-order valence-corrected chi connectivity index (χ2v) is 8.22. The Morgan fingerprint density at radius 1 is 1.13 bits per heavy atom. The third kappa shape index (κ3) is 4.00. The van der Waals surface area contributed by atoms with Gasteiger partial charge in [-0.1, -0.05) is 25.3 Å². The van der Waals surface area contributed by atoms with Crippen molar-refractivity contribution in [2.24, 2.45) is 0 Å². The van der Waals surface area contributed by atoms with Gasteiger partial charge in [0.05, 0.1) is 12.1 Å². The highest BCUT2D eigenvalue weighted by Gasteiger charge is 2.30. The van der Waals surface area contributed by atoms with Crippen molar-refractivity contribution >= 4 is 22.4 Å². The van der Waals surface area contributed by atoms with Gasteiger partial charge in [-0.3, -0.25) is 9.59 Å². The molecule has 1 aliphatic carbocycles. The number of nitrogens with one attached hydrogen (secondary N) is 1. The highest BCUT2D eigenvalue weighted by atomic mass is 19.1. The molecule has 0 saturated heterocycles. The van der Waals surface area contributed by atoms with Gasteiger partial charge in [-0.15, -0.1) is 0 Å². The molecule has 5 nitrogen and oxygen atoms in total. The first-order valence-electron chi connectivity index (χ1n) is 10.3. The van der Waals surface area contributed by atoms with E-state index in [0.717, 1.165) is 19.3 Å². The van der Waals surface area contributed by atoms with E-state index in [2.05, 4.69) is 5.32 Å². The second-order valence-electron chi connectivity index (χ2n) is 8.22. The lowest BCUT2D eigenvalue weighted by molar-refractivity contribution is -0.0121. The highest BCUT2D eigenvalue weighted by molar-refractivity contribution is 6.09. The van der Waals surface area contributed by atoms with Crippen LogP contribution in [0.2, 0.25) is 0 Å². The summed E-state index contributed by atoms with van der Waals surface area (Å²) in [6, 6.07) is 11.1. The molecule has 6 heteroatoms. The molecule has 3 aromatic rings. The molecular weight excluding hydrogens is 383 g/mol. The Kier molecular flexibility index (Phi) is 5.43. The maximum absolute atomic E-state index is 13.5. The van der Waals surface area contributed by atoms with E-state index < -0.39 is 5.60 Å². The number of carbonyl (C=O) groups is 1. The lowest BCUT2D eigenvalue weighted by atomic mass is 9.85. The molecule has 156 valence electrons. The maximum Gasteiger partial charge on any atom is 0.258 e. The Morgan fingerprint density at radius 3 is 2.63 bits per heavy atom. The second kappa shape index (κ2) is 8.03. The lowest BCUT2D eigenvalue weighted by Gasteiger charge is -2.32. The summed E-state index contributed by atoms with van der Waals surface area (Å²) in [6.07, 6.45) is 6.13. The van der Waals surface area contributed by atoms with Gasteiger partial charge < -0.3 is 15.0 Å². The quantitative estimate of drug-likeness (QED) is 0.672. The van der Waals surface area contributed by atoms with Crippen molar-refractivity contribution in [3.63, 3.8) is 0 Å². The fourth-order valence-corrected chi connectivity index (χ4v) is 4.22. The number of rotatable bonds is 4. The van der Waals surface area contributed by atoms with Gasteiger partial charge >= 0.3 is 0 Å². The third-order valence-electron chi connectivity index (χ3n) is 5.94. The highest BCUT2D eigenvalue weighted by Crippen LogP contribution is 2.29. The molecular formula is C24H25FN2O3. The molecule has 0 radical (unpaired) electrons. The summed E-state index contributed by atoms with van der Waals surface area (Å²) in [5.41, 5.74) is 0.213. The van der Waals surface area contributed by atoms with Crippen LogP contribution >= 0.6 is 0 Å². The summed E-state index contributed by atoms with van der Waals surface area (Å²) in [5, 5.41) is 14.7. The first-order valence-corrected chi connectivity index (χ1v) is 10.3. The average molecular weight is 408 g/mol.